The lowest BCUT2D eigenvalue weighted by molar-refractivity contribution is -0.121. The number of hydrogen-bond acceptors (Lipinski definition) is 6. The highest BCUT2D eigenvalue weighted by Gasteiger charge is 2.14. The third-order valence-corrected chi connectivity index (χ3v) is 4.27. The van der Waals surface area contributed by atoms with Gasteiger partial charge in [0.15, 0.2) is 0 Å². The van der Waals surface area contributed by atoms with Crippen LogP contribution in [0.3, 0.4) is 0 Å². The molecule has 1 aliphatic rings. The van der Waals surface area contributed by atoms with Gasteiger partial charge < -0.3 is 5.32 Å². The van der Waals surface area contributed by atoms with E-state index in [4.69, 9.17) is 0 Å². The molecular formula is C17H26N4O2S. The molecule has 0 unspecified atom stereocenters. The molecule has 0 aliphatic heterocycles. The summed E-state index contributed by atoms with van der Waals surface area (Å²) in [6.45, 7) is 4.00. The summed E-state index contributed by atoms with van der Waals surface area (Å²) in [5.41, 5.74) is 0.638. The Balaban J connectivity index is 0.00000139. The van der Waals surface area contributed by atoms with Gasteiger partial charge in [-0.05, 0) is 31.2 Å². The quantitative estimate of drug-likeness (QED) is 0.605. The predicted octanol–water partition coefficient (Wildman–Crippen LogP) is 3.22. The molecule has 0 bridgehead atoms. The molecule has 0 saturated heterocycles. The molecule has 1 fully saturated rings. The molecule has 0 radical (unpaired) electrons. The van der Waals surface area contributed by atoms with Gasteiger partial charge >= 0.3 is 0 Å². The van der Waals surface area contributed by atoms with Gasteiger partial charge in [0.25, 0.3) is 5.91 Å². The van der Waals surface area contributed by atoms with Crippen molar-refractivity contribution in [1.29, 1.82) is 0 Å². The summed E-state index contributed by atoms with van der Waals surface area (Å²) in [7, 11) is 0. The van der Waals surface area contributed by atoms with Crippen LogP contribution in [0.1, 0.15) is 51.6 Å². The van der Waals surface area contributed by atoms with Crippen LogP contribution in [0.15, 0.2) is 17.2 Å². The van der Waals surface area contributed by atoms with E-state index < -0.39 is 5.91 Å². The summed E-state index contributed by atoms with van der Waals surface area (Å²) in [6, 6.07) is 2.16. The summed E-state index contributed by atoms with van der Waals surface area (Å²) in [5, 5.41) is 5.48. The van der Waals surface area contributed by atoms with Crippen LogP contribution in [0.2, 0.25) is 0 Å². The second-order valence-electron chi connectivity index (χ2n) is 5.09. The van der Waals surface area contributed by atoms with Gasteiger partial charge in [-0.1, -0.05) is 33.1 Å². The van der Waals surface area contributed by atoms with E-state index in [-0.39, 0.29) is 0 Å². The highest BCUT2D eigenvalue weighted by molar-refractivity contribution is 8.03. The van der Waals surface area contributed by atoms with Gasteiger partial charge in [0.05, 0.1) is 10.6 Å². The van der Waals surface area contributed by atoms with Crippen molar-refractivity contribution in [2.75, 3.05) is 11.6 Å². The average molecular weight is 350 g/mol. The Morgan fingerprint density at radius 2 is 2.00 bits per heavy atom. The van der Waals surface area contributed by atoms with Crippen molar-refractivity contribution in [2.45, 2.75) is 52.0 Å². The molecule has 24 heavy (non-hydrogen) atoms. The molecule has 2 amide bonds. The van der Waals surface area contributed by atoms with Crippen LogP contribution in [0, 0.1) is 0 Å². The zero-order chi connectivity index (χ0) is 17.8. The van der Waals surface area contributed by atoms with Crippen LogP contribution in [-0.4, -0.2) is 34.6 Å². The van der Waals surface area contributed by atoms with Crippen LogP contribution >= 0.6 is 11.8 Å². The van der Waals surface area contributed by atoms with Crippen LogP contribution in [0.5, 0.6) is 0 Å². The van der Waals surface area contributed by atoms with E-state index in [1.54, 1.807) is 24.6 Å². The minimum Gasteiger partial charge on any atom is -0.351 e. The summed E-state index contributed by atoms with van der Waals surface area (Å²) < 4.78 is 0. The molecule has 132 valence electrons. The van der Waals surface area contributed by atoms with Crippen LogP contribution in [-0.2, 0) is 9.59 Å². The first-order valence-electron chi connectivity index (χ1n) is 8.32. The first-order chi connectivity index (χ1) is 11.7. The van der Waals surface area contributed by atoms with Gasteiger partial charge in [-0.25, -0.2) is 9.97 Å². The van der Waals surface area contributed by atoms with E-state index in [0.29, 0.717) is 29.0 Å². The number of amides is 2. The molecule has 1 aromatic rings. The van der Waals surface area contributed by atoms with Crippen molar-refractivity contribution in [3.8, 4) is 0 Å². The van der Waals surface area contributed by atoms with Crippen LogP contribution in [0.4, 0.5) is 5.95 Å². The van der Waals surface area contributed by atoms with Crippen LogP contribution < -0.4 is 10.6 Å². The number of imide groups is 1. The van der Waals surface area contributed by atoms with Gasteiger partial charge in [0.2, 0.25) is 12.4 Å². The lowest BCUT2D eigenvalue weighted by Gasteiger charge is -2.22. The number of carbonyl (C=O) groups is 2. The fraction of sp³-hybridized carbons (Fsp3) is 0.529. The molecule has 0 aromatic carbocycles. The summed E-state index contributed by atoms with van der Waals surface area (Å²) in [6.07, 6.45) is 11.5. The van der Waals surface area contributed by atoms with E-state index >= 15 is 0 Å². The SMILES string of the molecule is CC.CS/C(=C\c1ccnc(NC2CCCCC2)n1)C(=O)NC=O. The Morgan fingerprint density at radius 1 is 1.29 bits per heavy atom. The zero-order valence-corrected chi connectivity index (χ0v) is 15.4. The van der Waals surface area contributed by atoms with Gasteiger partial charge in [0.1, 0.15) is 0 Å². The number of aromatic nitrogens is 2. The number of carbonyl (C=O) groups excluding carboxylic acids is 2. The Kier molecular flexibility index (Phi) is 9.76. The average Bonchev–Trinajstić information content (AvgIpc) is 2.63. The number of nitrogens with zero attached hydrogens (tertiary/aromatic N) is 2. The third kappa shape index (κ3) is 6.70. The fourth-order valence-electron chi connectivity index (χ4n) is 2.43. The topological polar surface area (TPSA) is 84.0 Å². The number of rotatable bonds is 6. The number of thioether (sulfide) groups is 1. The molecule has 2 rings (SSSR count). The van der Waals surface area contributed by atoms with Crippen molar-refractivity contribution >= 4 is 36.1 Å². The second-order valence-corrected chi connectivity index (χ2v) is 5.94. The molecule has 0 atom stereocenters. The molecule has 1 heterocycles. The molecule has 1 aliphatic carbocycles. The van der Waals surface area contributed by atoms with E-state index in [2.05, 4.69) is 20.6 Å². The molecular weight excluding hydrogens is 324 g/mol. The largest absolute Gasteiger partial charge is 0.351 e. The maximum Gasteiger partial charge on any atom is 0.264 e. The fourth-order valence-corrected chi connectivity index (χ4v) is 2.91. The lowest BCUT2D eigenvalue weighted by atomic mass is 9.96. The maximum atomic E-state index is 11.7. The van der Waals surface area contributed by atoms with Gasteiger partial charge in [-0.2, -0.15) is 0 Å². The number of nitrogens with one attached hydrogen (secondary N) is 2. The normalized spacial score (nSPS) is 15.0. The minimum absolute atomic E-state index is 0.377. The Bertz CT molecular complexity index is 557. The highest BCUT2D eigenvalue weighted by atomic mass is 32.2. The van der Waals surface area contributed by atoms with Crippen molar-refractivity contribution in [1.82, 2.24) is 15.3 Å². The molecule has 1 aromatic heterocycles. The minimum atomic E-state index is -0.428. The Labute approximate surface area is 147 Å². The van der Waals surface area contributed by atoms with Crippen molar-refractivity contribution in [2.24, 2.45) is 0 Å². The lowest BCUT2D eigenvalue weighted by Crippen LogP contribution is -2.23. The van der Waals surface area contributed by atoms with Crippen molar-refractivity contribution < 1.29 is 9.59 Å². The molecule has 2 N–H and O–H groups in total. The summed E-state index contributed by atoms with van der Waals surface area (Å²) in [5.74, 6) is 0.153. The van der Waals surface area contributed by atoms with Crippen molar-refractivity contribution in [3.63, 3.8) is 0 Å². The van der Waals surface area contributed by atoms with Gasteiger partial charge in [-0.3, -0.25) is 14.9 Å². The van der Waals surface area contributed by atoms with Gasteiger partial charge in [0, 0.05) is 12.2 Å². The third-order valence-electron chi connectivity index (χ3n) is 3.53. The Morgan fingerprint density at radius 3 is 2.62 bits per heavy atom. The van der Waals surface area contributed by atoms with E-state index in [1.807, 2.05) is 13.8 Å². The molecule has 7 heteroatoms. The monoisotopic (exact) mass is 350 g/mol. The van der Waals surface area contributed by atoms with E-state index in [1.165, 1.54) is 31.0 Å². The standard InChI is InChI=1S/C15H20N4O2S.C2H6/c1-22-13(14(21)17-10-20)9-12-7-8-16-15(19-12)18-11-5-3-2-4-6-11;1-2/h7-11H,2-6H2,1H3,(H,16,18,19)(H,17,20,21);1-2H3/b13-9-;. The maximum absolute atomic E-state index is 11.7. The molecule has 6 nitrogen and oxygen atoms in total. The molecule has 0 spiro atoms. The second kappa shape index (κ2) is 11.6. The van der Waals surface area contributed by atoms with Crippen LogP contribution in [0.25, 0.3) is 6.08 Å². The van der Waals surface area contributed by atoms with Gasteiger partial charge in [-0.15, -0.1) is 11.8 Å². The highest BCUT2D eigenvalue weighted by Crippen LogP contribution is 2.21. The van der Waals surface area contributed by atoms with Crippen molar-refractivity contribution in [3.05, 3.63) is 22.9 Å². The smallest absolute Gasteiger partial charge is 0.264 e. The first kappa shape index (κ1) is 20.2. The number of anilines is 1. The van der Waals surface area contributed by atoms with E-state index in [9.17, 15) is 9.59 Å². The first-order valence-corrected chi connectivity index (χ1v) is 9.55. The predicted molar refractivity (Wildman–Crippen MR) is 99.6 cm³/mol. The zero-order valence-electron chi connectivity index (χ0n) is 14.5. The summed E-state index contributed by atoms with van der Waals surface area (Å²) >= 11 is 1.26. The number of hydrogen-bond donors (Lipinski definition) is 2. The molecule has 1 saturated carbocycles. The van der Waals surface area contributed by atoms with E-state index in [0.717, 1.165) is 12.8 Å². The summed E-state index contributed by atoms with van der Waals surface area (Å²) in [4.78, 5) is 31.1. The Hall–Kier alpha value is -1.89.